The molecule has 0 spiro atoms. The van der Waals surface area contributed by atoms with Gasteiger partial charge >= 0.3 is 0 Å². The molecule has 0 amide bonds. The van der Waals surface area contributed by atoms with Gasteiger partial charge in [0.1, 0.15) is 0 Å². The molecule has 1 heterocycles. The highest BCUT2D eigenvalue weighted by molar-refractivity contribution is 9.10. The van der Waals surface area contributed by atoms with Gasteiger partial charge in [0, 0.05) is 16.3 Å². The van der Waals surface area contributed by atoms with Crippen LogP contribution in [0, 0.1) is 0 Å². The average Bonchev–Trinajstić information content (AvgIpc) is 2.77. The molecule has 2 aromatic rings. The van der Waals surface area contributed by atoms with Crippen molar-refractivity contribution in [2.45, 2.75) is 19.3 Å². The van der Waals surface area contributed by atoms with E-state index in [4.69, 9.17) is 5.73 Å². The minimum Gasteiger partial charge on any atom is -0.330 e. The van der Waals surface area contributed by atoms with Gasteiger partial charge in [-0.1, -0.05) is 34.1 Å². The van der Waals surface area contributed by atoms with Crippen LogP contribution in [0.15, 0.2) is 34.1 Å². The number of benzene rings is 1. The zero-order chi connectivity index (χ0) is 12.1. The molecule has 2 nitrogen and oxygen atoms in total. The highest BCUT2D eigenvalue weighted by Gasteiger charge is 2.05. The number of aromatic nitrogens is 1. The second-order valence-electron chi connectivity index (χ2n) is 3.89. The normalized spacial score (nSPS) is 10.7. The third-order valence-electron chi connectivity index (χ3n) is 2.54. The molecule has 0 saturated carbocycles. The van der Waals surface area contributed by atoms with Crippen molar-refractivity contribution in [1.29, 1.82) is 0 Å². The molecule has 0 aliphatic carbocycles. The summed E-state index contributed by atoms with van der Waals surface area (Å²) in [6.45, 7) is 0.733. The van der Waals surface area contributed by atoms with Crippen molar-refractivity contribution in [1.82, 2.24) is 4.98 Å². The van der Waals surface area contributed by atoms with Crippen LogP contribution in [0.1, 0.15) is 22.7 Å². The summed E-state index contributed by atoms with van der Waals surface area (Å²) in [5, 5.41) is 3.31. The third-order valence-corrected chi connectivity index (χ3v) is 4.21. The molecule has 2 rings (SSSR count). The Balaban J connectivity index is 2.04. The second-order valence-corrected chi connectivity index (χ2v) is 5.69. The molecule has 0 bridgehead atoms. The standard InChI is InChI=1S/C13H15BrN2S/c14-12-6-2-1-4-10(12)8-13-16-11(9-17-13)5-3-7-15/h1-2,4,6,9H,3,5,7-8,15H2. The van der Waals surface area contributed by atoms with Crippen LogP contribution in [0.2, 0.25) is 0 Å². The molecule has 4 heteroatoms. The van der Waals surface area contributed by atoms with E-state index in [1.54, 1.807) is 11.3 Å². The first-order valence-corrected chi connectivity index (χ1v) is 7.33. The first-order chi connectivity index (χ1) is 8.29. The molecule has 2 N–H and O–H groups in total. The quantitative estimate of drug-likeness (QED) is 0.919. The molecule has 0 saturated heterocycles. The number of halogens is 1. The fourth-order valence-electron chi connectivity index (χ4n) is 1.63. The van der Waals surface area contributed by atoms with E-state index in [9.17, 15) is 0 Å². The highest BCUT2D eigenvalue weighted by Crippen LogP contribution is 2.21. The second kappa shape index (κ2) is 6.28. The fourth-order valence-corrected chi connectivity index (χ4v) is 2.91. The van der Waals surface area contributed by atoms with Crippen LogP contribution in [-0.2, 0) is 12.8 Å². The monoisotopic (exact) mass is 310 g/mol. The first kappa shape index (κ1) is 12.7. The zero-order valence-electron chi connectivity index (χ0n) is 9.53. The first-order valence-electron chi connectivity index (χ1n) is 5.66. The average molecular weight is 311 g/mol. The third kappa shape index (κ3) is 3.63. The summed E-state index contributed by atoms with van der Waals surface area (Å²) in [6.07, 6.45) is 2.90. The lowest BCUT2D eigenvalue weighted by atomic mass is 10.2. The Hall–Kier alpha value is -0.710. The van der Waals surface area contributed by atoms with Gasteiger partial charge in [0.15, 0.2) is 0 Å². The van der Waals surface area contributed by atoms with Gasteiger partial charge in [-0.15, -0.1) is 11.3 Å². The van der Waals surface area contributed by atoms with Gasteiger partial charge in [-0.25, -0.2) is 4.98 Å². The number of hydrogen-bond donors (Lipinski definition) is 1. The lowest BCUT2D eigenvalue weighted by molar-refractivity contribution is 0.812. The van der Waals surface area contributed by atoms with Crippen molar-refractivity contribution < 1.29 is 0 Å². The maximum absolute atomic E-state index is 5.50. The molecule has 90 valence electrons. The molecule has 0 atom stereocenters. The van der Waals surface area contributed by atoms with Gasteiger partial charge in [0.05, 0.1) is 10.7 Å². The van der Waals surface area contributed by atoms with Gasteiger partial charge in [-0.3, -0.25) is 0 Å². The van der Waals surface area contributed by atoms with Crippen molar-refractivity contribution in [2.24, 2.45) is 5.73 Å². The van der Waals surface area contributed by atoms with Gasteiger partial charge in [-0.2, -0.15) is 0 Å². The molecule has 0 radical (unpaired) electrons. The van der Waals surface area contributed by atoms with Crippen molar-refractivity contribution >= 4 is 27.3 Å². The van der Waals surface area contributed by atoms with Gasteiger partial charge in [-0.05, 0) is 31.0 Å². The molecule has 0 aliphatic rings. The Morgan fingerprint density at radius 2 is 2.12 bits per heavy atom. The van der Waals surface area contributed by atoms with Gasteiger partial charge in [0.2, 0.25) is 0 Å². The van der Waals surface area contributed by atoms with Crippen molar-refractivity contribution in [3.05, 3.63) is 50.4 Å². The number of thiazole rings is 1. The minimum absolute atomic E-state index is 0.733. The van der Waals surface area contributed by atoms with Crippen molar-refractivity contribution in [3.63, 3.8) is 0 Å². The smallest absolute Gasteiger partial charge is 0.0972 e. The number of aryl methyl sites for hydroxylation is 1. The van der Waals surface area contributed by atoms with Crippen LogP contribution in [0.5, 0.6) is 0 Å². The van der Waals surface area contributed by atoms with Crippen LogP contribution < -0.4 is 5.73 Å². The molecule has 17 heavy (non-hydrogen) atoms. The molecular weight excluding hydrogens is 296 g/mol. The van der Waals surface area contributed by atoms with Gasteiger partial charge in [0.25, 0.3) is 0 Å². The molecular formula is C13H15BrN2S. The Labute approximate surface area is 114 Å². The summed E-state index contributed by atoms with van der Waals surface area (Å²) in [5.74, 6) is 0. The Kier molecular flexibility index (Phi) is 4.71. The molecule has 0 aliphatic heterocycles. The SMILES string of the molecule is NCCCc1csc(Cc2ccccc2Br)n1. The largest absolute Gasteiger partial charge is 0.330 e. The summed E-state index contributed by atoms with van der Waals surface area (Å²) < 4.78 is 1.15. The fraction of sp³-hybridized carbons (Fsp3) is 0.308. The van der Waals surface area contributed by atoms with Crippen LogP contribution in [0.3, 0.4) is 0 Å². The maximum Gasteiger partial charge on any atom is 0.0972 e. The zero-order valence-corrected chi connectivity index (χ0v) is 11.9. The lowest BCUT2D eigenvalue weighted by Gasteiger charge is -2.00. The summed E-state index contributed by atoms with van der Waals surface area (Å²) >= 11 is 5.29. The molecule has 0 fully saturated rings. The summed E-state index contributed by atoms with van der Waals surface area (Å²) in [7, 11) is 0. The van der Waals surface area contributed by atoms with E-state index in [-0.39, 0.29) is 0 Å². The summed E-state index contributed by atoms with van der Waals surface area (Å²) in [4.78, 5) is 4.63. The van der Waals surface area contributed by atoms with E-state index >= 15 is 0 Å². The predicted molar refractivity (Wildman–Crippen MR) is 76.4 cm³/mol. The lowest BCUT2D eigenvalue weighted by Crippen LogP contribution is -2.00. The van der Waals surface area contributed by atoms with Crippen LogP contribution in [0.4, 0.5) is 0 Å². The molecule has 1 aromatic heterocycles. The van der Waals surface area contributed by atoms with Crippen molar-refractivity contribution in [3.8, 4) is 0 Å². The number of hydrogen-bond acceptors (Lipinski definition) is 3. The Morgan fingerprint density at radius 3 is 2.88 bits per heavy atom. The van der Waals surface area contributed by atoms with E-state index in [0.717, 1.165) is 30.3 Å². The van der Waals surface area contributed by atoms with E-state index in [2.05, 4.69) is 44.5 Å². The number of rotatable bonds is 5. The van der Waals surface area contributed by atoms with E-state index < -0.39 is 0 Å². The highest BCUT2D eigenvalue weighted by atomic mass is 79.9. The van der Waals surface area contributed by atoms with Crippen LogP contribution >= 0.6 is 27.3 Å². The van der Waals surface area contributed by atoms with Crippen LogP contribution in [-0.4, -0.2) is 11.5 Å². The Bertz CT molecular complexity index is 482. The van der Waals surface area contributed by atoms with E-state index in [1.807, 2.05) is 6.07 Å². The molecule has 1 aromatic carbocycles. The summed E-state index contributed by atoms with van der Waals surface area (Å²) in [6, 6.07) is 8.29. The van der Waals surface area contributed by atoms with Crippen molar-refractivity contribution in [2.75, 3.05) is 6.54 Å². The number of nitrogens with two attached hydrogens (primary N) is 1. The van der Waals surface area contributed by atoms with E-state index in [1.165, 1.54) is 16.3 Å². The van der Waals surface area contributed by atoms with Crippen LogP contribution in [0.25, 0.3) is 0 Å². The molecule has 0 unspecified atom stereocenters. The maximum atomic E-state index is 5.50. The topological polar surface area (TPSA) is 38.9 Å². The van der Waals surface area contributed by atoms with E-state index in [0.29, 0.717) is 0 Å². The Morgan fingerprint density at radius 1 is 1.29 bits per heavy atom. The van der Waals surface area contributed by atoms with Gasteiger partial charge < -0.3 is 5.73 Å². The minimum atomic E-state index is 0.733. The summed E-state index contributed by atoms with van der Waals surface area (Å²) in [5.41, 5.74) is 7.95. The number of nitrogens with zero attached hydrogens (tertiary/aromatic N) is 1. The predicted octanol–water partition coefficient (Wildman–Crippen LogP) is 3.39.